The molecule has 0 unspecified atom stereocenters. The Labute approximate surface area is 122 Å². The summed E-state index contributed by atoms with van der Waals surface area (Å²) in [7, 11) is 0. The first-order valence-corrected chi connectivity index (χ1v) is 6.55. The molecular weight excluding hydrogens is 276 g/mol. The first-order chi connectivity index (χ1) is 9.35. The summed E-state index contributed by atoms with van der Waals surface area (Å²) in [6.45, 7) is 5.60. The van der Waals surface area contributed by atoms with Crippen molar-refractivity contribution in [3.63, 3.8) is 0 Å². The average molecular weight is 291 g/mol. The molecule has 0 amide bonds. The van der Waals surface area contributed by atoms with E-state index in [0.717, 1.165) is 5.39 Å². The van der Waals surface area contributed by atoms with Gasteiger partial charge in [0.2, 0.25) is 0 Å². The zero-order chi connectivity index (χ0) is 14.9. The van der Waals surface area contributed by atoms with E-state index in [1.54, 1.807) is 18.2 Å². The maximum Gasteiger partial charge on any atom is 0.144 e. The van der Waals surface area contributed by atoms with Gasteiger partial charge in [-0.2, -0.15) is 5.26 Å². The Bertz CT molecular complexity index is 700. The predicted molar refractivity (Wildman–Crippen MR) is 77.8 cm³/mol. The van der Waals surface area contributed by atoms with Crippen LogP contribution >= 0.6 is 11.6 Å². The van der Waals surface area contributed by atoms with Crippen LogP contribution in [0.15, 0.2) is 18.2 Å². The van der Waals surface area contributed by atoms with E-state index in [0.29, 0.717) is 21.9 Å². The van der Waals surface area contributed by atoms with Crippen molar-refractivity contribution in [2.75, 3.05) is 0 Å². The normalized spacial score (nSPS) is 11.4. The molecule has 4 nitrogen and oxygen atoms in total. The third-order valence-electron chi connectivity index (χ3n) is 2.66. The minimum Gasteiger partial charge on any atom is -0.487 e. The van der Waals surface area contributed by atoms with Crippen LogP contribution in [0, 0.1) is 11.3 Å². The van der Waals surface area contributed by atoms with Gasteiger partial charge in [0.1, 0.15) is 23.1 Å². The monoisotopic (exact) mass is 290 g/mol. The van der Waals surface area contributed by atoms with Crippen molar-refractivity contribution in [3.05, 3.63) is 34.5 Å². The molecule has 5 heteroatoms. The number of pyridine rings is 1. The van der Waals surface area contributed by atoms with Gasteiger partial charge in [-0.05, 0) is 32.4 Å². The van der Waals surface area contributed by atoms with E-state index in [9.17, 15) is 5.11 Å². The highest BCUT2D eigenvalue weighted by atomic mass is 35.5. The van der Waals surface area contributed by atoms with Gasteiger partial charge in [-0.25, -0.2) is 4.98 Å². The van der Waals surface area contributed by atoms with Gasteiger partial charge < -0.3 is 9.84 Å². The van der Waals surface area contributed by atoms with Crippen molar-refractivity contribution >= 4 is 22.5 Å². The van der Waals surface area contributed by atoms with E-state index in [4.69, 9.17) is 21.6 Å². The summed E-state index contributed by atoms with van der Waals surface area (Å²) in [6, 6.07) is 7.12. The topological polar surface area (TPSA) is 66.1 Å². The molecule has 20 heavy (non-hydrogen) atoms. The molecule has 0 fully saturated rings. The van der Waals surface area contributed by atoms with Crippen LogP contribution in [0.3, 0.4) is 0 Å². The average Bonchev–Trinajstić information content (AvgIpc) is 2.37. The van der Waals surface area contributed by atoms with E-state index >= 15 is 0 Å². The molecule has 0 bridgehead atoms. The first-order valence-electron chi connectivity index (χ1n) is 6.18. The number of halogens is 1. The number of benzene rings is 1. The quantitative estimate of drug-likeness (QED) is 0.920. The zero-order valence-electron chi connectivity index (χ0n) is 11.6. The molecule has 0 atom stereocenters. The van der Waals surface area contributed by atoms with Crippen molar-refractivity contribution in [3.8, 4) is 11.8 Å². The van der Waals surface area contributed by atoms with Gasteiger partial charge in [0, 0.05) is 11.5 Å². The van der Waals surface area contributed by atoms with Gasteiger partial charge in [-0.15, -0.1) is 0 Å². The molecule has 0 spiro atoms. The fourth-order valence-electron chi connectivity index (χ4n) is 1.86. The third kappa shape index (κ3) is 2.84. The lowest BCUT2D eigenvalue weighted by Gasteiger charge is -2.22. The number of rotatable bonds is 2. The highest BCUT2D eigenvalue weighted by molar-refractivity contribution is 6.36. The van der Waals surface area contributed by atoms with E-state index in [1.807, 2.05) is 26.8 Å². The highest BCUT2D eigenvalue weighted by Gasteiger charge is 2.17. The molecule has 0 saturated carbocycles. The van der Waals surface area contributed by atoms with E-state index in [-0.39, 0.29) is 12.3 Å². The second kappa shape index (κ2) is 5.28. The molecule has 1 N–H and O–H groups in total. The number of aliphatic hydroxyl groups excluding tert-OH is 1. The Hall–Kier alpha value is -1.83. The molecule has 0 aliphatic rings. The first kappa shape index (κ1) is 14.6. The smallest absolute Gasteiger partial charge is 0.144 e. The summed E-state index contributed by atoms with van der Waals surface area (Å²) in [5.74, 6) is 0.561. The van der Waals surface area contributed by atoms with Crippen molar-refractivity contribution < 1.29 is 9.84 Å². The van der Waals surface area contributed by atoms with Crippen LogP contribution in [0.25, 0.3) is 10.9 Å². The Balaban J connectivity index is 2.75. The van der Waals surface area contributed by atoms with Gasteiger partial charge >= 0.3 is 0 Å². The molecule has 2 aromatic rings. The van der Waals surface area contributed by atoms with Crippen molar-refractivity contribution in [1.82, 2.24) is 4.98 Å². The summed E-state index contributed by atoms with van der Waals surface area (Å²) < 4.78 is 5.87. The molecule has 104 valence electrons. The fraction of sp³-hybridized carbons (Fsp3) is 0.333. The Morgan fingerprint density at radius 3 is 2.65 bits per heavy atom. The van der Waals surface area contributed by atoms with Gasteiger partial charge in [0.05, 0.1) is 17.1 Å². The summed E-state index contributed by atoms with van der Waals surface area (Å²) >= 11 is 6.23. The Morgan fingerprint density at radius 2 is 2.10 bits per heavy atom. The Morgan fingerprint density at radius 1 is 1.40 bits per heavy atom. The number of nitriles is 1. The van der Waals surface area contributed by atoms with Gasteiger partial charge in [-0.1, -0.05) is 17.7 Å². The molecule has 0 aliphatic heterocycles. The molecule has 1 aromatic carbocycles. The molecule has 1 aromatic heterocycles. The number of hydrogen-bond donors (Lipinski definition) is 1. The van der Waals surface area contributed by atoms with Crippen molar-refractivity contribution in [2.24, 2.45) is 0 Å². The second-order valence-corrected chi connectivity index (χ2v) is 5.80. The van der Waals surface area contributed by atoms with Crippen molar-refractivity contribution in [2.45, 2.75) is 33.0 Å². The van der Waals surface area contributed by atoms with Crippen LogP contribution < -0.4 is 4.74 Å². The van der Waals surface area contributed by atoms with Crippen molar-refractivity contribution in [1.29, 1.82) is 5.26 Å². The Kier molecular flexibility index (Phi) is 3.85. The van der Waals surface area contributed by atoms with Gasteiger partial charge in [0.25, 0.3) is 0 Å². The number of aromatic nitrogens is 1. The largest absolute Gasteiger partial charge is 0.487 e. The minimum atomic E-state index is -0.400. The van der Waals surface area contributed by atoms with Crippen LogP contribution in [0.1, 0.15) is 32.0 Å². The molecule has 1 heterocycles. The lowest BCUT2D eigenvalue weighted by molar-refractivity contribution is 0.133. The van der Waals surface area contributed by atoms with Gasteiger partial charge in [-0.3, -0.25) is 0 Å². The maximum atomic E-state index is 9.25. The minimum absolute atomic E-state index is 0.178. The number of ether oxygens (including phenoxy) is 1. The lowest BCUT2D eigenvalue weighted by atomic mass is 10.1. The number of hydrogen-bond acceptors (Lipinski definition) is 4. The van der Waals surface area contributed by atoms with E-state index in [1.165, 1.54) is 0 Å². The molecule has 0 aliphatic carbocycles. The van der Waals surface area contributed by atoms with E-state index < -0.39 is 5.60 Å². The summed E-state index contributed by atoms with van der Waals surface area (Å²) in [4.78, 5) is 4.21. The maximum absolute atomic E-state index is 9.25. The molecular formula is C15H15ClN2O2. The number of aliphatic hydroxyl groups is 1. The lowest BCUT2D eigenvalue weighted by Crippen LogP contribution is -2.23. The summed E-state index contributed by atoms with van der Waals surface area (Å²) in [5.41, 5.74) is 0.872. The summed E-state index contributed by atoms with van der Waals surface area (Å²) in [5, 5.41) is 19.4. The van der Waals surface area contributed by atoms with Gasteiger partial charge in [0.15, 0.2) is 0 Å². The number of nitrogens with zero attached hydrogens (tertiary/aromatic N) is 2. The zero-order valence-corrected chi connectivity index (χ0v) is 12.3. The molecule has 2 rings (SSSR count). The number of fused-ring (bicyclic) bond motifs is 1. The highest BCUT2D eigenvalue weighted by Crippen LogP contribution is 2.34. The second-order valence-electron chi connectivity index (χ2n) is 5.42. The van der Waals surface area contributed by atoms with Crippen LogP contribution in [0.5, 0.6) is 5.75 Å². The summed E-state index contributed by atoms with van der Waals surface area (Å²) in [6.07, 6.45) is 0. The van der Waals surface area contributed by atoms with E-state index in [2.05, 4.69) is 4.98 Å². The van der Waals surface area contributed by atoms with Crippen LogP contribution in [-0.2, 0) is 6.61 Å². The van der Waals surface area contributed by atoms with Crippen LogP contribution in [0.2, 0.25) is 5.02 Å². The third-order valence-corrected chi connectivity index (χ3v) is 3.08. The molecule has 0 radical (unpaired) electrons. The fourth-order valence-corrected chi connectivity index (χ4v) is 2.13. The predicted octanol–water partition coefficient (Wildman–Crippen LogP) is 3.43. The SMILES string of the molecule is CC(C)(C)Oc1cc(C#N)nc2c(Cl)c(CO)ccc12. The standard InChI is InChI=1S/C15H15ClN2O2/c1-15(2,3)20-12-6-10(7-17)18-14-11(12)5-4-9(8-19)13(14)16/h4-6,19H,8H2,1-3H3. The molecule has 0 saturated heterocycles. The van der Waals surface area contributed by atoms with Crippen LogP contribution in [-0.4, -0.2) is 15.7 Å². The van der Waals surface area contributed by atoms with Crippen LogP contribution in [0.4, 0.5) is 0 Å².